The van der Waals surface area contributed by atoms with Crippen LogP contribution in [0.15, 0.2) is 0 Å². The van der Waals surface area contributed by atoms with E-state index < -0.39 is 0 Å². The summed E-state index contributed by atoms with van der Waals surface area (Å²) in [7, 11) is 3.72. The molecule has 1 saturated carbocycles. The molecule has 5 unspecified atom stereocenters. The molecule has 3 nitrogen and oxygen atoms in total. The fourth-order valence-corrected chi connectivity index (χ4v) is 3.89. The lowest BCUT2D eigenvalue weighted by molar-refractivity contribution is -0.132. The summed E-state index contributed by atoms with van der Waals surface area (Å²) in [6, 6.07) is 0.0587. The molecule has 19 heavy (non-hydrogen) atoms. The second kappa shape index (κ2) is 6.25. The van der Waals surface area contributed by atoms with E-state index in [0.717, 1.165) is 36.6 Å². The largest absolute Gasteiger partial charge is 0.347 e. The van der Waals surface area contributed by atoms with Crippen LogP contribution in [-0.4, -0.2) is 37.5 Å². The normalized spacial score (nSPS) is 39.9. The van der Waals surface area contributed by atoms with Crippen LogP contribution in [0.3, 0.4) is 0 Å². The molecule has 1 N–H and O–H groups in total. The Morgan fingerprint density at radius 2 is 1.68 bits per heavy atom. The van der Waals surface area contributed by atoms with Gasteiger partial charge in [0, 0.05) is 14.1 Å². The highest BCUT2D eigenvalue weighted by Crippen LogP contribution is 2.40. The van der Waals surface area contributed by atoms with E-state index in [2.05, 4.69) is 19.2 Å². The van der Waals surface area contributed by atoms with Gasteiger partial charge in [0.2, 0.25) is 5.91 Å². The van der Waals surface area contributed by atoms with Crippen LogP contribution in [0.2, 0.25) is 0 Å². The van der Waals surface area contributed by atoms with Gasteiger partial charge < -0.3 is 10.2 Å². The number of amides is 1. The minimum Gasteiger partial charge on any atom is -0.347 e. The fourth-order valence-electron chi connectivity index (χ4n) is 3.89. The number of hydrogen-bond donors (Lipinski definition) is 1. The third kappa shape index (κ3) is 3.50. The number of likely N-dealkylation sites (N-methyl/N-ethyl adjacent to an activating group) is 1. The highest BCUT2D eigenvalue weighted by molar-refractivity contribution is 5.81. The van der Waals surface area contributed by atoms with Crippen LogP contribution in [-0.2, 0) is 4.79 Å². The molecule has 1 amide bonds. The van der Waals surface area contributed by atoms with Crippen molar-refractivity contribution >= 4 is 5.91 Å². The van der Waals surface area contributed by atoms with Gasteiger partial charge in [-0.2, -0.15) is 0 Å². The molecule has 3 heteroatoms. The first-order chi connectivity index (χ1) is 8.99. The van der Waals surface area contributed by atoms with E-state index in [-0.39, 0.29) is 11.9 Å². The smallest absolute Gasteiger partial charge is 0.239 e. The zero-order valence-corrected chi connectivity index (χ0v) is 13.0. The van der Waals surface area contributed by atoms with Crippen LogP contribution in [0.1, 0.15) is 46.0 Å². The van der Waals surface area contributed by atoms with Crippen molar-refractivity contribution in [2.75, 3.05) is 20.6 Å². The number of nitrogens with one attached hydrogen (secondary N) is 1. The number of piperidine rings is 1. The van der Waals surface area contributed by atoms with Gasteiger partial charge in [-0.15, -0.1) is 0 Å². The van der Waals surface area contributed by atoms with E-state index in [0.29, 0.717) is 0 Å². The van der Waals surface area contributed by atoms with Crippen LogP contribution in [0, 0.1) is 23.7 Å². The number of nitrogens with zero attached hydrogens (tertiary/aromatic N) is 1. The lowest BCUT2D eigenvalue weighted by Gasteiger charge is -2.40. The van der Waals surface area contributed by atoms with Gasteiger partial charge in [0.25, 0.3) is 0 Å². The van der Waals surface area contributed by atoms with Crippen LogP contribution in [0.4, 0.5) is 0 Å². The molecular formula is C16H30N2O. The van der Waals surface area contributed by atoms with Gasteiger partial charge in [-0.3, -0.25) is 4.79 Å². The van der Waals surface area contributed by atoms with Crippen molar-refractivity contribution in [3.63, 3.8) is 0 Å². The van der Waals surface area contributed by atoms with E-state index in [1.54, 1.807) is 4.90 Å². The van der Waals surface area contributed by atoms with Gasteiger partial charge in [0.15, 0.2) is 0 Å². The third-order valence-electron chi connectivity index (χ3n) is 5.49. The number of carbonyl (C=O) groups is 1. The van der Waals surface area contributed by atoms with Crippen LogP contribution in [0.25, 0.3) is 0 Å². The van der Waals surface area contributed by atoms with Gasteiger partial charge in [-0.05, 0) is 55.9 Å². The SMILES string of the molecule is CC1CCC(C2CCNC(C(=O)N(C)C)C2)CC1C. The van der Waals surface area contributed by atoms with Crippen molar-refractivity contribution in [2.45, 2.75) is 52.0 Å². The maximum Gasteiger partial charge on any atom is 0.239 e. The first-order valence-electron chi connectivity index (χ1n) is 7.93. The second-order valence-electron chi connectivity index (χ2n) is 7.05. The molecule has 1 heterocycles. The minimum atomic E-state index is 0.0587. The molecule has 1 aliphatic carbocycles. The molecule has 2 aliphatic rings. The van der Waals surface area contributed by atoms with E-state index in [4.69, 9.17) is 0 Å². The number of hydrogen-bond acceptors (Lipinski definition) is 2. The summed E-state index contributed by atoms with van der Waals surface area (Å²) in [6.07, 6.45) is 6.42. The maximum atomic E-state index is 12.1. The Bertz CT molecular complexity index is 316. The summed E-state index contributed by atoms with van der Waals surface area (Å²) in [4.78, 5) is 13.8. The molecule has 1 saturated heterocycles. The van der Waals surface area contributed by atoms with Crippen LogP contribution < -0.4 is 5.32 Å². The zero-order chi connectivity index (χ0) is 14.0. The molecule has 2 rings (SSSR count). The van der Waals surface area contributed by atoms with Crippen LogP contribution in [0.5, 0.6) is 0 Å². The summed E-state index contributed by atoms with van der Waals surface area (Å²) in [5, 5.41) is 3.40. The number of rotatable bonds is 2. The van der Waals surface area contributed by atoms with Gasteiger partial charge in [0.1, 0.15) is 0 Å². The molecule has 0 radical (unpaired) electrons. The molecule has 5 atom stereocenters. The standard InChI is InChI=1S/C16H30N2O/c1-11-5-6-13(9-12(11)2)14-7-8-17-15(10-14)16(19)18(3)4/h11-15,17H,5-10H2,1-4H3. The van der Waals surface area contributed by atoms with E-state index in [1.165, 1.54) is 25.7 Å². The van der Waals surface area contributed by atoms with Crippen molar-refractivity contribution in [3.05, 3.63) is 0 Å². The summed E-state index contributed by atoms with van der Waals surface area (Å²) < 4.78 is 0. The lowest BCUT2D eigenvalue weighted by atomic mass is 9.68. The van der Waals surface area contributed by atoms with Crippen molar-refractivity contribution in [3.8, 4) is 0 Å². The quantitative estimate of drug-likeness (QED) is 0.833. The van der Waals surface area contributed by atoms with Crippen molar-refractivity contribution in [1.82, 2.24) is 10.2 Å². The average Bonchev–Trinajstić information content (AvgIpc) is 2.41. The van der Waals surface area contributed by atoms with Gasteiger partial charge in [-0.25, -0.2) is 0 Å². The predicted octanol–water partition coefficient (Wildman–Crippen LogP) is 2.52. The average molecular weight is 266 g/mol. The monoisotopic (exact) mass is 266 g/mol. The Hall–Kier alpha value is -0.570. The van der Waals surface area contributed by atoms with E-state index in [9.17, 15) is 4.79 Å². The molecule has 0 aromatic heterocycles. The Morgan fingerprint density at radius 1 is 1.00 bits per heavy atom. The summed E-state index contributed by atoms with van der Waals surface area (Å²) in [5.41, 5.74) is 0. The molecular weight excluding hydrogens is 236 g/mol. The van der Waals surface area contributed by atoms with Gasteiger partial charge in [-0.1, -0.05) is 20.3 Å². The molecule has 1 aliphatic heterocycles. The summed E-state index contributed by atoms with van der Waals surface area (Å²) in [6.45, 7) is 5.80. The molecule has 2 fully saturated rings. The maximum absolute atomic E-state index is 12.1. The van der Waals surface area contributed by atoms with Crippen molar-refractivity contribution in [2.24, 2.45) is 23.7 Å². The van der Waals surface area contributed by atoms with E-state index in [1.807, 2.05) is 14.1 Å². The van der Waals surface area contributed by atoms with Gasteiger partial charge in [0.05, 0.1) is 6.04 Å². The first kappa shape index (κ1) is 14.8. The van der Waals surface area contributed by atoms with Crippen molar-refractivity contribution in [1.29, 1.82) is 0 Å². The highest BCUT2D eigenvalue weighted by Gasteiger charge is 2.35. The summed E-state index contributed by atoms with van der Waals surface area (Å²) >= 11 is 0. The Labute approximate surface area is 118 Å². The topological polar surface area (TPSA) is 32.3 Å². The fraction of sp³-hybridized carbons (Fsp3) is 0.938. The molecule has 0 spiro atoms. The molecule has 0 aromatic rings. The van der Waals surface area contributed by atoms with Crippen molar-refractivity contribution < 1.29 is 4.79 Å². The van der Waals surface area contributed by atoms with E-state index >= 15 is 0 Å². The Balaban J connectivity index is 1.92. The third-order valence-corrected chi connectivity index (χ3v) is 5.49. The Morgan fingerprint density at radius 3 is 2.32 bits per heavy atom. The van der Waals surface area contributed by atoms with Gasteiger partial charge >= 0.3 is 0 Å². The second-order valence-corrected chi connectivity index (χ2v) is 7.05. The Kier molecular flexibility index (Phi) is 4.88. The zero-order valence-electron chi connectivity index (χ0n) is 13.0. The predicted molar refractivity (Wildman–Crippen MR) is 78.9 cm³/mol. The molecule has 0 bridgehead atoms. The first-order valence-corrected chi connectivity index (χ1v) is 7.93. The number of carbonyl (C=O) groups excluding carboxylic acids is 1. The molecule has 110 valence electrons. The lowest BCUT2D eigenvalue weighted by Crippen LogP contribution is -2.49. The summed E-state index contributed by atoms with van der Waals surface area (Å²) in [5.74, 6) is 3.60. The minimum absolute atomic E-state index is 0.0587. The van der Waals surface area contributed by atoms with Crippen LogP contribution >= 0.6 is 0 Å². The molecule has 0 aromatic carbocycles. The highest BCUT2D eigenvalue weighted by atomic mass is 16.2.